The van der Waals surface area contributed by atoms with Gasteiger partial charge in [-0.25, -0.2) is 4.39 Å². The average molecular weight is 354 g/mol. The van der Waals surface area contributed by atoms with Crippen molar-refractivity contribution in [2.75, 3.05) is 11.4 Å². The Kier molecular flexibility index (Phi) is 4.19. The minimum Gasteiger partial charge on any atom is -0.502 e. The number of hydrogen-bond acceptors (Lipinski definition) is 5. The highest BCUT2D eigenvalue weighted by atomic mass is 35.5. The van der Waals surface area contributed by atoms with Crippen molar-refractivity contribution in [1.29, 1.82) is 0 Å². The third-order valence-corrected chi connectivity index (χ3v) is 3.88. The number of carbonyl (C=O) groups excluding carboxylic acids is 2. The van der Waals surface area contributed by atoms with Crippen LogP contribution in [0.4, 0.5) is 10.3 Å². The largest absolute Gasteiger partial charge is 0.502 e. The quantitative estimate of drug-likeness (QED) is 0.854. The molecule has 2 aromatic rings. The highest BCUT2D eigenvalue weighted by Crippen LogP contribution is 2.48. The summed E-state index contributed by atoms with van der Waals surface area (Å²) in [5.41, 5.74) is 0.195. The molecule has 0 saturated carbocycles. The summed E-state index contributed by atoms with van der Waals surface area (Å²) in [5, 5.41) is 10.3. The molecule has 1 saturated heterocycles. The van der Waals surface area contributed by atoms with Gasteiger partial charge in [-0.05, 0) is 24.6 Å². The summed E-state index contributed by atoms with van der Waals surface area (Å²) in [7, 11) is 0. The Morgan fingerprint density at radius 1 is 1.46 bits per heavy atom. The van der Waals surface area contributed by atoms with Crippen molar-refractivity contribution < 1.29 is 28.2 Å². The van der Waals surface area contributed by atoms with Crippen molar-refractivity contribution in [2.24, 2.45) is 0 Å². The number of esters is 1. The molecule has 1 aliphatic heterocycles. The molecule has 0 aliphatic carbocycles. The number of nitrogens with zero attached hydrogens (tertiary/aromatic N) is 1. The third kappa shape index (κ3) is 2.82. The van der Waals surface area contributed by atoms with E-state index in [4.69, 9.17) is 20.8 Å². The fourth-order valence-corrected chi connectivity index (χ4v) is 2.62. The first kappa shape index (κ1) is 16.3. The second kappa shape index (κ2) is 6.16. The van der Waals surface area contributed by atoms with Crippen LogP contribution < -0.4 is 9.64 Å². The molecule has 126 valence electrons. The van der Waals surface area contributed by atoms with E-state index >= 15 is 0 Å². The zero-order valence-corrected chi connectivity index (χ0v) is 13.4. The topological polar surface area (TPSA) is 80.0 Å². The lowest BCUT2D eigenvalue weighted by atomic mass is 10.1. The van der Waals surface area contributed by atoms with Crippen LogP contribution in [0.25, 0.3) is 11.3 Å². The molecule has 0 unspecified atom stereocenters. The monoisotopic (exact) mass is 353 g/mol. The highest BCUT2D eigenvalue weighted by molar-refractivity contribution is 6.30. The van der Waals surface area contributed by atoms with Gasteiger partial charge in [-0.3, -0.25) is 14.5 Å². The van der Waals surface area contributed by atoms with Crippen LogP contribution in [-0.2, 0) is 9.59 Å². The molecule has 1 N–H and O–H groups in total. The van der Waals surface area contributed by atoms with E-state index in [0.717, 1.165) is 13.0 Å². The second-order valence-corrected chi connectivity index (χ2v) is 5.69. The number of hydrogen-bond donors (Lipinski definition) is 1. The van der Waals surface area contributed by atoms with Crippen molar-refractivity contribution in [3.63, 3.8) is 0 Å². The number of anilines is 1. The normalized spacial score (nSPS) is 14.3. The van der Waals surface area contributed by atoms with Crippen LogP contribution in [0.2, 0.25) is 5.02 Å². The van der Waals surface area contributed by atoms with Crippen LogP contribution >= 0.6 is 11.6 Å². The van der Waals surface area contributed by atoms with Crippen LogP contribution in [0, 0.1) is 5.82 Å². The molecule has 0 spiro atoms. The second-order valence-electron chi connectivity index (χ2n) is 5.29. The van der Waals surface area contributed by atoms with Crippen LogP contribution in [0.15, 0.2) is 22.6 Å². The van der Waals surface area contributed by atoms with Crippen molar-refractivity contribution in [3.8, 4) is 22.8 Å². The van der Waals surface area contributed by atoms with E-state index < -0.39 is 17.5 Å². The molecule has 6 nitrogen and oxygen atoms in total. The van der Waals surface area contributed by atoms with Gasteiger partial charge in [-0.15, -0.1) is 0 Å². The number of amides is 1. The Hall–Kier alpha value is -2.54. The van der Waals surface area contributed by atoms with Crippen LogP contribution in [0.5, 0.6) is 11.5 Å². The lowest BCUT2D eigenvalue weighted by Gasteiger charge is -2.13. The molecule has 1 amide bonds. The Morgan fingerprint density at radius 3 is 2.79 bits per heavy atom. The summed E-state index contributed by atoms with van der Waals surface area (Å²) in [4.78, 5) is 24.5. The maximum absolute atomic E-state index is 13.7. The summed E-state index contributed by atoms with van der Waals surface area (Å²) in [6, 6.07) is 3.82. The summed E-state index contributed by atoms with van der Waals surface area (Å²) in [6.07, 6.45) is 0.941. The fraction of sp³-hybridized carbons (Fsp3) is 0.250. The molecular weight excluding hydrogens is 341 g/mol. The van der Waals surface area contributed by atoms with Gasteiger partial charge >= 0.3 is 5.97 Å². The molecule has 1 aromatic carbocycles. The van der Waals surface area contributed by atoms with E-state index in [1.807, 2.05) is 0 Å². The molecule has 1 fully saturated rings. The van der Waals surface area contributed by atoms with E-state index in [0.29, 0.717) is 19.4 Å². The maximum atomic E-state index is 13.7. The average Bonchev–Trinajstić information content (AvgIpc) is 3.07. The van der Waals surface area contributed by atoms with Gasteiger partial charge in [0.05, 0.1) is 5.02 Å². The maximum Gasteiger partial charge on any atom is 0.308 e. The van der Waals surface area contributed by atoms with E-state index in [1.54, 1.807) is 0 Å². The van der Waals surface area contributed by atoms with Crippen LogP contribution in [0.3, 0.4) is 0 Å². The standard InChI is InChI=1S/C16H13ClFNO5/c1-8(20)23-15-13(22)14(9-4-5-10(17)11(18)7-9)24-16(15)19-6-2-3-12(19)21/h4-5,7,22H,2-3,6H2,1H3. The molecule has 0 radical (unpaired) electrons. The zero-order chi connectivity index (χ0) is 17.4. The minimum atomic E-state index is -0.696. The first-order valence-electron chi connectivity index (χ1n) is 7.18. The van der Waals surface area contributed by atoms with E-state index in [9.17, 15) is 19.1 Å². The fourth-order valence-electron chi connectivity index (χ4n) is 2.51. The lowest BCUT2D eigenvalue weighted by Crippen LogP contribution is -2.24. The number of ether oxygens (including phenoxy) is 1. The Bertz CT molecular complexity index is 832. The number of rotatable bonds is 3. The summed E-state index contributed by atoms with van der Waals surface area (Å²) in [6.45, 7) is 1.53. The Balaban J connectivity index is 2.13. The predicted octanol–water partition coefficient (Wildman–Crippen LogP) is 3.50. The minimum absolute atomic E-state index is 0.0736. The summed E-state index contributed by atoms with van der Waals surface area (Å²) < 4.78 is 24.2. The lowest BCUT2D eigenvalue weighted by molar-refractivity contribution is -0.132. The Morgan fingerprint density at radius 2 is 2.21 bits per heavy atom. The molecule has 24 heavy (non-hydrogen) atoms. The number of carbonyl (C=O) groups is 2. The number of benzene rings is 1. The molecule has 1 aromatic heterocycles. The molecule has 8 heteroatoms. The highest BCUT2D eigenvalue weighted by Gasteiger charge is 2.33. The van der Waals surface area contributed by atoms with Gasteiger partial charge in [0, 0.05) is 25.5 Å². The van der Waals surface area contributed by atoms with Gasteiger partial charge < -0.3 is 14.3 Å². The zero-order valence-electron chi connectivity index (χ0n) is 12.6. The number of furan rings is 1. The predicted molar refractivity (Wildman–Crippen MR) is 83.7 cm³/mol. The molecule has 2 heterocycles. The van der Waals surface area contributed by atoms with E-state index in [2.05, 4.69) is 0 Å². The molecule has 0 bridgehead atoms. The van der Waals surface area contributed by atoms with Crippen molar-refractivity contribution in [3.05, 3.63) is 29.0 Å². The number of halogens is 2. The molecular formula is C16H13ClFNO5. The van der Waals surface area contributed by atoms with Gasteiger partial charge in [0.2, 0.25) is 17.4 Å². The molecule has 0 atom stereocenters. The van der Waals surface area contributed by atoms with E-state index in [-0.39, 0.29) is 33.9 Å². The first-order valence-corrected chi connectivity index (χ1v) is 7.56. The summed E-state index contributed by atoms with van der Waals surface area (Å²) in [5.74, 6) is -2.53. The van der Waals surface area contributed by atoms with Gasteiger partial charge in [0.15, 0.2) is 5.76 Å². The number of aromatic hydroxyl groups is 1. The van der Waals surface area contributed by atoms with Gasteiger partial charge in [-0.1, -0.05) is 11.6 Å². The molecule has 1 aliphatic rings. The van der Waals surface area contributed by atoms with E-state index in [1.165, 1.54) is 17.0 Å². The van der Waals surface area contributed by atoms with Crippen LogP contribution in [-0.4, -0.2) is 23.5 Å². The summed E-state index contributed by atoms with van der Waals surface area (Å²) >= 11 is 5.65. The van der Waals surface area contributed by atoms with Gasteiger partial charge in [-0.2, -0.15) is 0 Å². The van der Waals surface area contributed by atoms with Gasteiger partial charge in [0.1, 0.15) is 5.82 Å². The van der Waals surface area contributed by atoms with Crippen LogP contribution in [0.1, 0.15) is 19.8 Å². The molecule has 3 rings (SSSR count). The third-order valence-electron chi connectivity index (χ3n) is 3.57. The first-order chi connectivity index (χ1) is 11.4. The SMILES string of the molecule is CC(=O)Oc1c(N2CCCC2=O)oc(-c2ccc(Cl)c(F)c2)c1O. The van der Waals surface area contributed by atoms with Crippen molar-refractivity contribution >= 4 is 29.4 Å². The van der Waals surface area contributed by atoms with Crippen molar-refractivity contribution in [1.82, 2.24) is 0 Å². The van der Waals surface area contributed by atoms with Gasteiger partial charge in [0.25, 0.3) is 5.88 Å². The smallest absolute Gasteiger partial charge is 0.308 e. The Labute approximate surface area is 141 Å². The van der Waals surface area contributed by atoms with Crippen molar-refractivity contribution in [2.45, 2.75) is 19.8 Å².